The van der Waals surface area contributed by atoms with Gasteiger partial charge in [-0.3, -0.25) is 19.3 Å². The van der Waals surface area contributed by atoms with Crippen LogP contribution >= 0.6 is 0 Å². The topological polar surface area (TPSA) is 85.0 Å². The molecule has 30 heavy (non-hydrogen) atoms. The number of nitrogens with zero attached hydrogens (tertiary/aromatic N) is 3. The average Bonchev–Trinajstić information content (AvgIpc) is 3.20. The van der Waals surface area contributed by atoms with Crippen LogP contribution in [0.3, 0.4) is 0 Å². The molecule has 1 aromatic rings. The Balaban J connectivity index is 1.77. The number of anilines is 1. The minimum Gasteiger partial charge on any atom is -0.339 e. The van der Waals surface area contributed by atoms with Crippen LogP contribution in [0.15, 0.2) is 24.3 Å². The lowest BCUT2D eigenvalue weighted by atomic mass is 10.1. The summed E-state index contributed by atoms with van der Waals surface area (Å²) < 4.78 is 0. The number of amides is 3. The number of rotatable bonds is 7. The van der Waals surface area contributed by atoms with Gasteiger partial charge in [0.05, 0.1) is 0 Å². The highest BCUT2D eigenvalue weighted by Gasteiger charge is 2.30. The van der Waals surface area contributed by atoms with Gasteiger partial charge in [-0.05, 0) is 44.1 Å². The van der Waals surface area contributed by atoms with Gasteiger partial charge in [-0.15, -0.1) is 0 Å². The number of likely N-dealkylation sites (tertiary alicyclic amines) is 1. The average molecular weight is 416 g/mol. The maximum Gasteiger partial charge on any atom is 0.254 e. The molecule has 8 heteroatoms. The van der Waals surface area contributed by atoms with E-state index >= 15 is 0 Å². The minimum absolute atomic E-state index is 0.0103. The predicted octanol–water partition coefficient (Wildman–Crippen LogP) is 1.00. The van der Waals surface area contributed by atoms with Gasteiger partial charge < -0.3 is 20.4 Å². The Morgan fingerprint density at radius 2 is 1.97 bits per heavy atom. The molecule has 8 nitrogen and oxygen atoms in total. The van der Waals surface area contributed by atoms with Crippen LogP contribution in [0, 0.1) is 0 Å². The summed E-state index contributed by atoms with van der Waals surface area (Å²) in [6.07, 6.45) is 2.15. The smallest absolute Gasteiger partial charge is 0.254 e. The SMILES string of the molecule is CCN1CCCC1CN(CC(=O)N1CCNCC1)C(=O)c1cccc(NC(C)=O)c1. The molecule has 2 fully saturated rings. The first-order valence-electron chi connectivity index (χ1n) is 10.9. The van der Waals surface area contributed by atoms with Crippen molar-refractivity contribution in [3.05, 3.63) is 29.8 Å². The second kappa shape index (κ2) is 10.5. The normalized spacial score (nSPS) is 19.5. The van der Waals surface area contributed by atoms with Gasteiger partial charge in [-0.25, -0.2) is 0 Å². The molecule has 1 aromatic carbocycles. The van der Waals surface area contributed by atoms with E-state index in [2.05, 4.69) is 22.5 Å². The van der Waals surface area contributed by atoms with Gasteiger partial charge in [-0.2, -0.15) is 0 Å². The van der Waals surface area contributed by atoms with E-state index in [9.17, 15) is 14.4 Å². The summed E-state index contributed by atoms with van der Waals surface area (Å²) in [6.45, 7) is 9.07. The summed E-state index contributed by atoms with van der Waals surface area (Å²) in [7, 11) is 0. The molecule has 0 aliphatic carbocycles. The van der Waals surface area contributed by atoms with Gasteiger partial charge in [0, 0.05) is 56.9 Å². The molecular weight excluding hydrogens is 382 g/mol. The summed E-state index contributed by atoms with van der Waals surface area (Å²) in [4.78, 5) is 43.6. The van der Waals surface area contributed by atoms with Crippen LogP contribution in [0.25, 0.3) is 0 Å². The van der Waals surface area contributed by atoms with E-state index in [1.165, 1.54) is 6.92 Å². The number of carbonyl (C=O) groups excluding carboxylic acids is 3. The van der Waals surface area contributed by atoms with Crippen LogP contribution < -0.4 is 10.6 Å². The molecule has 2 saturated heterocycles. The number of carbonyl (C=O) groups is 3. The summed E-state index contributed by atoms with van der Waals surface area (Å²) in [5.74, 6) is -0.368. The fourth-order valence-electron chi connectivity index (χ4n) is 4.29. The highest BCUT2D eigenvalue weighted by molar-refractivity contribution is 5.98. The monoisotopic (exact) mass is 415 g/mol. The molecule has 0 saturated carbocycles. The van der Waals surface area contributed by atoms with Gasteiger partial charge in [-0.1, -0.05) is 13.0 Å². The summed E-state index contributed by atoms with van der Waals surface area (Å²) >= 11 is 0. The number of nitrogens with one attached hydrogen (secondary N) is 2. The van der Waals surface area contributed by atoms with Crippen LogP contribution in [0.5, 0.6) is 0 Å². The van der Waals surface area contributed by atoms with Crippen molar-refractivity contribution in [3.8, 4) is 0 Å². The fourth-order valence-corrected chi connectivity index (χ4v) is 4.29. The van der Waals surface area contributed by atoms with Crippen LogP contribution in [0.1, 0.15) is 37.0 Å². The molecule has 2 aliphatic heterocycles. The Morgan fingerprint density at radius 1 is 1.20 bits per heavy atom. The molecule has 0 spiro atoms. The molecule has 1 atom stereocenters. The summed E-state index contributed by atoms with van der Waals surface area (Å²) in [6, 6.07) is 7.20. The third-order valence-electron chi connectivity index (χ3n) is 5.85. The van der Waals surface area contributed by atoms with E-state index in [0.717, 1.165) is 39.0 Å². The number of benzene rings is 1. The van der Waals surface area contributed by atoms with Crippen LogP contribution in [0.2, 0.25) is 0 Å². The first-order chi connectivity index (χ1) is 14.5. The molecular formula is C22H33N5O3. The maximum absolute atomic E-state index is 13.4. The van der Waals surface area contributed by atoms with E-state index in [0.29, 0.717) is 30.9 Å². The van der Waals surface area contributed by atoms with Crippen molar-refractivity contribution in [2.24, 2.45) is 0 Å². The number of hydrogen-bond donors (Lipinski definition) is 2. The standard InChI is InChI=1S/C22H33N5O3/c1-3-25-11-5-8-20(25)15-27(16-21(29)26-12-9-23-10-13-26)22(30)18-6-4-7-19(14-18)24-17(2)28/h4,6-7,14,20,23H,3,5,8-13,15-16H2,1-2H3,(H,24,28). The lowest BCUT2D eigenvalue weighted by Crippen LogP contribution is -2.52. The van der Waals surface area contributed by atoms with Crippen molar-refractivity contribution < 1.29 is 14.4 Å². The van der Waals surface area contributed by atoms with Gasteiger partial charge in [0.15, 0.2) is 0 Å². The number of hydrogen-bond acceptors (Lipinski definition) is 5. The highest BCUT2D eigenvalue weighted by atomic mass is 16.2. The lowest BCUT2D eigenvalue weighted by molar-refractivity contribution is -0.132. The van der Waals surface area contributed by atoms with E-state index in [4.69, 9.17) is 0 Å². The van der Waals surface area contributed by atoms with E-state index in [1.54, 1.807) is 29.2 Å². The first kappa shape index (κ1) is 22.2. The number of likely N-dealkylation sites (N-methyl/N-ethyl adjacent to an activating group) is 1. The van der Waals surface area contributed by atoms with E-state index in [-0.39, 0.29) is 30.3 Å². The summed E-state index contributed by atoms with van der Waals surface area (Å²) in [5.41, 5.74) is 1.06. The second-order valence-electron chi connectivity index (χ2n) is 8.00. The van der Waals surface area contributed by atoms with Gasteiger partial charge in [0.25, 0.3) is 5.91 Å². The third-order valence-corrected chi connectivity index (χ3v) is 5.85. The fraction of sp³-hybridized carbons (Fsp3) is 0.591. The van der Waals surface area contributed by atoms with Crippen molar-refractivity contribution in [3.63, 3.8) is 0 Å². The molecule has 164 valence electrons. The zero-order valence-electron chi connectivity index (χ0n) is 18.0. The molecule has 2 aliphatic rings. The zero-order valence-corrected chi connectivity index (χ0v) is 18.0. The minimum atomic E-state index is -0.185. The Hall–Kier alpha value is -2.45. The Kier molecular flexibility index (Phi) is 7.81. The molecule has 1 unspecified atom stereocenters. The lowest BCUT2D eigenvalue weighted by Gasteiger charge is -2.33. The molecule has 0 aromatic heterocycles. The van der Waals surface area contributed by atoms with Gasteiger partial charge >= 0.3 is 0 Å². The second-order valence-corrected chi connectivity index (χ2v) is 8.00. The molecule has 0 bridgehead atoms. The summed E-state index contributed by atoms with van der Waals surface area (Å²) in [5, 5.41) is 5.97. The first-order valence-corrected chi connectivity index (χ1v) is 10.9. The van der Waals surface area contributed by atoms with E-state index in [1.807, 2.05) is 4.90 Å². The van der Waals surface area contributed by atoms with Gasteiger partial charge in [0.1, 0.15) is 6.54 Å². The Labute approximate surface area is 178 Å². The molecule has 0 radical (unpaired) electrons. The molecule has 3 rings (SSSR count). The molecule has 2 heterocycles. The maximum atomic E-state index is 13.4. The highest BCUT2D eigenvalue weighted by Crippen LogP contribution is 2.20. The van der Waals surface area contributed by atoms with Crippen molar-refractivity contribution in [1.82, 2.24) is 20.0 Å². The van der Waals surface area contributed by atoms with Crippen molar-refractivity contribution in [2.45, 2.75) is 32.7 Å². The number of piperazine rings is 1. The van der Waals surface area contributed by atoms with Crippen molar-refractivity contribution in [1.29, 1.82) is 0 Å². The van der Waals surface area contributed by atoms with E-state index < -0.39 is 0 Å². The van der Waals surface area contributed by atoms with Crippen LogP contribution in [-0.4, -0.2) is 90.8 Å². The molecule has 2 N–H and O–H groups in total. The Morgan fingerprint density at radius 3 is 2.67 bits per heavy atom. The van der Waals surface area contributed by atoms with Crippen molar-refractivity contribution in [2.75, 3.05) is 57.7 Å². The third kappa shape index (κ3) is 5.79. The quantitative estimate of drug-likeness (QED) is 0.694. The van der Waals surface area contributed by atoms with Crippen molar-refractivity contribution >= 4 is 23.4 Å². The Bertz CT molecular complexity index is 763. The molecule has 3 amide bonds. The predicted molar refractivity (Wildman–Crippen MR) is 116 cm³/mol. The van der Waals surface area contributed by atoms with Crippen LogP contribution in [-0.2, 0) is 9.59 Å². The zero-order chi connectivity index (χ0) is 21.5. The van der Waals surface area contributed by atoms with Crippen LogP contribution in [0.4, 0.5) is 5.69 Å². The largest absolute Gasteiger partial charge is 0.339 e. The van der Waals surface area contributed by atoms with Gasteiger partial charge in [0.2, 0.25) is 11.8 Å².